The molecule has 0 spiro atoms. The zero-order valence-electron chi connectivity index (χ0n) is 10.1. The normalized spacial score (nSPS) is 20.3. The van der Waals surface area contributed by atoms with Crippen LogP contribution in [0.4, 0.5) is 0 Å². The first-order valence-electron chi connectivity index (χ1n) is 5.93. The van der Waals surface area contributed by atoms with Crippen molar-refractivity contribution in [2.24, 2.45) is 17.1 Å². The number of carbonyl (C=O) groups excluding carboxylic acids is 1. The first-order valence-corrected chi connectivity index (χ1v) is 5.93. The van der Waals surface area contributed by atoms with E-state index in [4.69, 9.17) is 10.5 Å². The molecule has 1 aliphatic carbocycles. The van der Waals surface area contributed by atoms with Gasteiger partial charge in [-0.2, -0.15) is 0 Å². The van der Waals surface area contributed by atoms with Gasteiger partial charge in [0.1, 0.15) is 0 Å². The zero-order chi connectivity index (χ0) is 11.5. The van der Waals surface area contributed by atoms with Gasteiger partial charge >= 0.3 is 5.97 Å². The van der Waals surface area contributed by atoms with Crippen LogP contribution < -0.4 is 5.73 Å². The van der Waals surface area contributed by atoms with Crippen LogP contribution in [0.15, 0.2) is 0 Å². The summed E-state index contributed by atoms with van der Waals surface area (Å²) in [5, 5.41) is 0. The fourth-order valence-corrected chi connectivity index (χ4v) is 2.36. The molecular formula is C12H23NO2. The van der Waals surface area contributed by atoms with Crippen LogP contribution >= 0.6 is 0 Å². The Morgan fingerprint density at radius 2 is 2.00 bits per heavy atom. The Kier molecular flexibility index (Phi) is 4.14. The summed E-state index contributed by atoms with van der Waals surface area (Å²) in [5.74, 6) is 0.328. The summed E-state index contributed by atoms with van der Waals surface area (Å²) in [4.78, 5) is 11.8. The average Bonchev–Trinajstić information content (AvgIpc) is 2.69. The van der Waals surface area contributed by atoms with E-state index in [1.807, 2.05) is 20.8 Å². The average molecular weight is 213 g/mol. The number of hydrogen-bond donors (Lipinski definition) is 1. The first kappa shape index (κ1) is 12.5. The van der Waals surface area contributed by atoms with Gasteiger partial charge in [0.2, 0.25) is 0 Å². The number of carbonyl (C=O) groups is 1. The van der Waals surface area contributed by atoms with Gasteiger partial charge in [-0.15, -0.1) is 0 Å². The molecule has 1 rings (SSSR count). The minimum absolute atomic E-state index is 0.0703. The summed E-state index contributed by atoms with van der Waals surface area (Å²) in [7, 11) is 0. The van der Waals surface area contributed by atoms with E-state index < -0.39 is 5.41 Å². The van der Waals surface area contributed by atoms with Crippen LogP contribution in [0.1, 0.15) is 46.5 Å². The molecule has 1 fully saturated rings. The van der Waals surface area contributed by atoms with Crippen molar-refractivity contribution in [1.82, 2.24) is 0 Å². The maximum Gasteiger partial charge on any atom is 0.313 e. The molecule has 3 heteroatoms. The quantitative estimate of drug-likeness (QED) is 0.727. The van der Waals surface area contributed by atoms with Crippen molar-refractivity contribution >= 4 is 5.97 Å². The molecule has 88 valence electrons. The third kappa shape index (κ3) is 2.71. The highest BCUT2D eigenvalue weighted by molar-refractivity contribution is 5.76. The molecular weight excluding hydrogens is 190 g/mol. The lowest BCUT2D eigenvalue weighted by Crippen LogP contribution is -2.48. The lowest BCUT2D eigenvalue weighted by atomic mass is 9.77. The molecule has 1 aliphatic rings. The Morgan fingerprint density at radius 1 is 1.47 bits per heavy atom. The minimum Gasteiger partial charge on any atom is -0.466 e. The zero-order valence-corrected chi connectivity index (χ0v) is 10.1. The summed E-state index contributed by atoms with van der Waals surface area (Å²) < 4.78 is 5.07. The van der Waals surface area contributed by atoms with Crippen LogP contribution in [-0.4, -0.2) is 18.6 Å². The maximum absolute atomic E-state index is 11.8. The fourth-order valence-electron chi connectivity index (χ4n) is 2.36. The van der Waals surface area contributed by atoms with Crippen molar-refractivity contribution < 1.29 is 9.53 Å². The van der Waals surface area contributed by atoms with Crippen LogP contribution in [0.25, 0.3) is 0 Å². The Bertz CT molecular complexity index is 220. The Hall–Kier alpha value is -0.570. The van der Waals surface area contributed by atoms with Gasteiger partial charge in [-0.3, -0.25) is 4.79 Å². The number of ether oxygens (including phenoxy) is 1. The molecule has 15 heavy (non-hydrogen) atoms. The van der Waals surface area contributed by atoms with Crippen molar-refractivity contribution in [1.29, 1.82) is 0 Å². The molecule has 1 saturated carbocycles. The van der Waals surface area contributed by atoms with Crippen molar-refractivity contribution in [2.45, 2.75) is 52.5 Å². The van der Waals surface area contributed by atoms with Gasteiger partial charge in [-0.05, 0) is 39.5 Å². The lowest BCUT2D eigenvalue weighted by Gasteiger charge is -2.33. The molecule has 0 bridgehead atoms. The van der Waals surface area contributed by atoms with Crippen LogP contribution in [0, 0.1) is 11.3 Å². The maximum atomic E-state index is 11.8. The third-order valence-electron chi connectivity index (χ3n) is 3.54. The molecule has 0 aromatic carbocycles. The molecule has 0 aliphatic heterocycles. The van der Waals surface area contributed by atoms with Gasteiger partial charge in [0.25, 0.3) is 0 Å². The second-order valence-corrected chi connectivity index (χ2v) is 5.01. The number of rotatable bonds is 4. The summed E-state index contributed by atoms with van der Waals surface area (Å²) in [5.41, 5.74) is 5.64. The standard InChI is InChI=1S/C12H23NO2/c1-4-15-11(14)12(2,3)10(13)9-7-5-6-8-9/h9-10H,4-8,13H2,1-3H3. The Morgan fingerprint density at radius 3 is 2.47 bits per heavy atom. The Labute approximate surface area is 92.4 Å². The first-order chi connectivity index (χ1) is 7.00. The number of esters is 1. The largest absolute Gasteiger partial charge is 0.466 e. The van der Waals surface area contributed by atoms with Gasteiger partial charge < -0.3 is 10.5 Å². The van der Waals surface area contributed by atoms with Crippen LogP contribution in [0.5, 0.6) is 0 Å². The topological polar surface area (TPSA) is 52.3 Å². The molecule has 0 saturated heterocycles. The van der Waals surface area contributed by atoms with Crippen LogP contribution in [0.2, 0.25) is 0 Å². The second kappa shape index (κ2) is 4.97. The van der Waals surface area contributed by atoms with Gasteiger partial charge in [-0.1, -0.05) is 12.8 Å². The number of nitrogens with two attached hydrogens (primary N) is 1. The molecule has 1 unspecified atom stereocenters. The van der Waals surface area contributed by atoms with E-state index >= 15 is 0 Å². The van der Waals surface area contributed by atoms with Gasteiger partial charge in [-0.25, -0.2) is 0 Å². The highest BCUT2D eigenvalue weighted by atomic mass is 16.5. The predicted molar refractivity (Wildman–Crippen MR) is 60.3 cm³/mol. The fraction of sp³-hybridized carbons (Fsp3) is 0.917. The van der Waals surface area contributed by atoms with E-state index in [2.05, 4.69) is 0 Å². The molecule has 0 aromatic heterocycles. The van der Waals surface area contributed by atoms with Crippen molar-refractivity contribution in [3.63, 3.8) is 0 Å². The molecule has 0 radical (unpaired) electrons. The SMILES string of the molecule is CCOC(=O)C(C)(C)C(N)C1CCCC1. The van der Waals surface area contributed by atoms with Gasteiger partial charge in [0.05, 0.1) is 12.0 Å². The highest BCUT2D eigenvalue weighted by Gasteiger charge is 2.40. The number of hydrogen-bond acceptors (Lipinski definition) is 3. The lowest BCUT2D eigenvalue weighted by molar-refractivity contribution is -0.155. The van der Waals surface area contributed by atoms with Gasteiger partial charge in [0, 0.05) is 6.04 Å². The van der Waals surface area contributed by atoms with E-state index in [-0.39, 0.29) is 12.0 Å². The summed E-state index contributed by atoms with van der Waals surface area (Å²) in [6.45, 7) is 6.05. The van der Waals surface area contributed by atoms with Crippen LogP contribution in [0.3, 0.4) is 0 Å². The Balaban J connectivity index is 2.62. The van der Waals surface area contributed by atoms with E-state index in [0.29, 0.717) is 12.5 Å². The molecule has 0 heterocycles. The molecule has 1 atom stereocenters. The van der Waals surface area contributed by atoms with Crippen molar-refractivity contribution in [2.75, 3.05) is 6.61 Å². The molecule has 2 N–H and O–H groups in total. The highest BCUT2D eigenvalue weighted by Crippen LogP contribution is 2.35. The molecule has 0 amide bonds. The summed E-state index contributed by atoms with van der Waals surface area (Å²) in [6.07, 6.45) is 4.81. The minimum atomic E-state index is -0.551. The monoisotopic (exact) mass is 213 g/mol. The third-order valence-corrected chi connectivity index (χ3v) is 3.54. The van der Waals surface area contributed by atoms with Gasteiger partial charge in [0.15, 0.2) is 0 Å². The molecule has 0 aromatic rings. The summed E-state index contributed by atoms with van der Waals surface area (Å²) in [6, 6.07) is -0.0703. The van der Waals surface area contributed by atoms with E-state index in [1.54, 1.807) is 0 Å². The predicted octanol–water partition coefficient (Wildman–Crippen LogP) is 2.09. The van der Waals surface area contributed by atoms with Crippen molar-refractivity contribution in [3.8, 4) is 0 Å². The van der Waals surface area contributed by atoms with Crippen molar-refractivity contribution in [3.05, 3.63) is 0 Å². The second-order valence-electron chi connectivity index (χ2n) is 5.01. The summed E-state index contributed by atoms with van der Waals surface area (Å²) >= 11 is 0. The van der Waals surface area contributed by atoms with E-state index in [9.17, 15) is 4.79 Å². The van der Waals surface area contributed by atoms with E-state index in [0.717, 1.165) is 12.8 Å². The molecule has 3 nitrogen and oxygen atoms in total. The van der Waals surface area contributed by atoms with Crippen LogP contribution in [-0.2, 0) is 9.53 Å². The smallest absolute Gasteiger partial charge is 0.313 e. The van der Waals surface area contributed by atoms with E-state index in [1.165, 1.54) is 12.8 Å².